The van der Waals surface area contributed by atoms with E-state index in [1.807, 2.05) is 37.4 Å². The third-order valence-electron chi connectivity index (χ3n) is 3.11. The van der Waals surface area contributed by atoms with E-state index in [1.54, 1.807) is 11.8 Å². The predicted molar refractivity (Wildman–Crippen MR) is 82.2 cm³/mol. The van der Waals surface area contributed by atoms with Gasteiger partial charge in [0.15, 0.2) is 0 Å². The molecule has 2 rings (SSSR count). The van der Waals surface area contributed by atoms with Crippen LogP contribution in [0.1, 0.15) is 18.5 Å². The van der Waals surface area contributed by atoms with E-state index < -0.39 is 0 Å². The molecule has 2 nitrogen and oxygen atoms in total. The van der Waals surface area contributed by atoms with Crippen LogP contribution in [0.2, 0.25) is 0 Å². The first kappa shape index (κ1) is 14.0. The molecule has 0 amide bonds. The molecule has 100 valence electrons. The van der Waals surface area contributed by atoms with Crippen LogP contribution in [0.3, 0.4) is 0 Å². The summed E-state index contributed by atoms with van der Waals surface area (Å²) in [6, 6.07) is 16.6. The molecule has 19 heavy (non-hydrogen) atoms. The van der Waals surface area contributed by atoms with Crippen LogP contribution in [0.15, 0.2) is 53.4 Å². The van der Waals surface area contributed by atoms with Crippen LogP contribution in [0.25, 0.3) is 0 Å². The molecule has 3 heteroatoms. The van der Waals surface area contributed by atoms with Gasteiger partial charge in [0.1, 0.15) is 11.5 Å². The third kappa shape index (κ3) is 3.52. The lowest BCUT2D eigenvalue weighted by molar-refractivity contribution is 0.466. The zero-order chi connectivity index (χ0) is 13.7. The minimum Gasteiger partial charge on any atom is -0.457 e. The monoisotopic (exact) mass is 273 g/mol. The Labute approximate surface area is 119 Å². The van der Waals surface area contributed by atoms with Crippen LogP contribution in [0.5, 0.6) is 11.5 Å². The molecule has 1 N–H and O–H groups in total. The maximum atomic E-state index is 5.98. The molecule has 1 unspecified atom stereocenters. The maximum Gasteiger partial charge on any atom is 0.132 e. The Balaban J connectivity index is 2.22. The second kappa shape index (κ2) is 6.64. The molecule has 0 fully saturated rings. The van der Waals surface area contributed by atoms with E-state index in [2.05, 4.69) is 36.7 Å². The molecule has 0 aliphatic heterocycles. The van der Waals surface area contributed by atoms with Crippen molar-refractivity contribution >= 4 is 11.8 Å². The summed E-state index contributed by atoms with van der Waals surface area (Å²) in [7, 11) is 1.95. The van der Waals surface area contributed by atoms with Crippen molar-refractivity contribution in [3.63, 3.8) is 0 Å². The van der Waals surface area contributed by atoms with Crippen molar-refractivity contribution in [2.45, 2.75) is 17.9 Å². The highest BCUT2D eigenvalue weighted by atomic mass is 32.2. The number of para-hydroxylation sites is 1. The van der Waals surface area contributed by atoms with Crippen molar-refractivity contribution < 1.29 is 4.74 Å². The summed E-state index contributed by atoms with van der Waals surface area (Å²) in [5.74, 6) is 1.77. The van der Waals surface area contributed by atoms with Crippen LogP contribution in [-0.2, 0) is 0 Å². The number of nitrogens with one attached hydrogen (secondary N) is 1. The van der Waals surface area contributed by atoms with Crippen molar-refractivity contribution in [3.05, 3.63) is 54.1 Å². The summed E-state index contributed by atoms with van der Waals surface area (Å²) in [4.78, 5) is 1.24. The molecule has 0 radical (unpaired) electrons. The second-order valence-corrected chi connectivity index (χ2v) is 5.21. The Morgan fingerprint density at radius 2 is 1.74 bits per heavy atom. The molecule has 2 aromatic rings. The van der Waals surface area contributed by atoms with Crippen molar-refractivity contribution in [2.75, 3.05) is 13.3 Å². The van der Waals surface area contributed by atoms with Gasteiger partial charge in [-0.25, -0.2) is 0 Å². The first-order valence-corrected chi connectivity index (χ1v) is 7.55. The highest BCUT2D eigenvalue weighted by molar-refractivity contribution is 7.98. The molecule has 0 aliphatic carbocycles. The molecule has 0 heterocycles. The van der Waals surface area contributed by atoms with Crippen molar-refractivity contribution in [3.8, 4) is 11.5 Å². The van der Waals surface area contributed by atoms with Crippen molar-refractivity contribution in [1.29, 1.82) is 0 Å². The van der Waals surface area contributed by atoms with Crippen LogP contribution in [0, 0.1) is 0 Å². The molecule has 0 bridgehead atoms. The van der Waals surface area contributed by atoms with Crippen molar-refractivity contribution in [2.24, 2.45) is 0 Å². The highest BCUT2D eigenvalue weighted by Crippen LogP contribution is 2.30. The number of benzene rings is 2. The van der Waals surface area contributed by atoms with Gasteiger partial charge in [0.2, 0.25) is 0 Å². The Morgan fingerprint density at radius 1 is 1.05 bits per heavy atom. The Bertz CT molecular complexity index is 525. The van der Waals surface area contributed by atoms with Crippen LogP contribution >= 0.6 is 11.8 Å². The minimum atomic E-state index is 0.265. The topological polar surface area (TPSA) is 21.3 Å². The zero-order valence-electron chi connectivity index (χ0n) is 11.5. The quantitative estimate of drug-likeness (QED) is 0.811. The molecule has 0 aliphatic rings. The summed E-state index contributed by atoms with van der Waals surface area (Å²) in [6.07, 6.45) is 2.07. The largest absolute Gasteiger partial charge is 0.457 e. The van der Waals surface area contributed by atoms with Gasteiger partial charge < -0.3 is 10.1 Å². The highest BCUT2D eigenvalue weighted by Gasteiger charge is 2.09. The molecule has 1 atom stereocenters. The van der Waals surface area contributed by atoms with Gasteiger partial charge in [0.05, 0.1) is 0 Å². The molecule has 0 saturated carbocycles. The van der Waals surface area contributed by atoms with E-state index in [9.17, 15) is 0 Å². The van der Waals surface area contributed by atoms with E-state index in [1.165, 1.54) is 10.5 Å². The Morgan fingerprint density at radius 3 is 2.37 bits per heavy atom. The summed E-state index contributed by atoms with van der Waals surface area (Å²) in [5, 5.41) is 3.24. The summed E-state index contributed by atoms with van der Waals surface area (Å²) < 4.78 is 5.98. The molecule has 2 aromatic carbocycles. The number of ether oxygens (including phenoxy) is 1. The maximum absolute atomic E-state index is 5.98. The van der Waals surface area contributed by atoms with E-state index in [-0.39, 0.29) is 6.04 Å². The number of hydrogen-bond acceptors (Lipinski definition) is 3. The van der Waals surface area contributed by atoms with Gasteiger partial charge in [0, 0.05) is 16.5 Å². The van der Waals surface area contributed by atoms with Gasteiger partial charge in [-0.05, 0) is 50.6 Å². The molecule has 0 saturated heterocycles. The number of thioether (sulfide) groups is 1. The van der Waals surface area contributed by atoms with Gasteiger partial charge in [0.25, 0.3) is 0 Å². The summed E-state index contributed by atoms with van der Waals surface area (Å²) in [5.41, 5.74) is 1.17. The Kier molecular flexibility index (Phi) is 4.88. The lowest BCUT2D eigenvalue weighted by atomic mass is 10.1. The van der Waals surface area contributed by atoms with E-state index >= 15 is 0 Å². The first-order chi connectivity index (χ1) is 9.24. The zero-order valence-corrected chi connectivity index (χ0v) is 12.3. The fourth-order valence-electron chi connectivity index (χ4n) is 1.86. The summed E-state index contributed by atoms with van der Waals surface area (Å²) in [6.45, 7) is 2.12. The van der Waals surface area contributed by atoms with Gasteiger partial charge in [-0.1, -0.05) is 18.2 Å². The Hall–Kier alpha value is -1.45. The molecule has 0 spiro atoms. The minimum absolute atomic E-state index is 0.265. The number of rotatable bonds is 5. The first-order valence-electron chi connectivity index (χ1n) is 6.32. The normalized spacial score (nSPS) is 12.2. The smallest absolute Gasteiger partial charge is 0.132 e. The fourth-order valence-corrected chi connectivity index (χ4v) is 2.27. The fraction of sp³-hybridized carbons (Fsp3) is 0.250. The molecular weight excluding hydrogens is 254 g/mol. The van der Waals surface area contributed by atoms with E-state index in [4.69, 9.17) is 4.74 Å². The van der Waals surface area contributed by atoms with Gasteiger partial charge >= 0.3 is 0 Å². The number of hydrogen-bond donors (Lipinski definition) is 1. The molecule has 0 aromatic heterocycles. The van der Waals surface area contributed by atoms with Crippen LogP contribution in [-0.4, -0.2) is 13.3 Å². The predicted octanol–water partition coefficient (Wildman–Crippen LogP) is 4.48. The standard InChI is InChI=1S/C16H19NOS/c1-12(17-2)15-6-4-5-7-16(15)18-13-8-10-14(19-3)11-9-13/h4-12,17H,1-3H3. The SMILES string of the molecule is CNC(C)c1ccccc1Oc1ccc(SC)cc1. The summed E-state index contributed by atoms with van der Waals surface area (Å²) >= 11 is 1.73. The second-order valence-electron chi connectivity index (χ2n) is 4.33. The lowest BCUT2D eigenvalue weighted by Gasteiger charge is -2.16. The van der Waals surface area contributed by atoms with Crippen LogP contribution < -0.4 is 10.1 Å². The van der Waals surface area contributed by atoms with Gasteiger partial charge in [-0.15, -0.1) is 11.8 Å². The lowest BCUT2D eigenvalue weighted by Crippen LogP contribution is -2.13. The average molecular weight is 273 g/mol. The van der Waals surface area contributed by atoms with Crippen LogP contribution in [0.4, 0.5) is 0 Å². The van der Waals surface area contributed by atoms with E-state index in [0.717, 1.165) is 11.5 Å². The average Bonchev–Trinajstić information content (AvgIpc) is 2.48. The van der Waals surface area contributed by atoms with Crippen molar-refractivity contribution in [1.82, 2.24) is 5.32 Å². The molecular formula is C16H19NOS. The van der Waals surface area contributed by atoms with Gasteiger partial charge in [-0.3, -0.25) is 0 Å². The third-order valence-corrected chi connectivity index (χ3v) is 3.85. The van der Waals surface area contributed by atoms with E-state index in [0.29, 0.717) is 0 Å². The van der Waals surface area contributed by atoms with Gasteiger partial charge in [-0.2, -0.15) is 0 Å².